The first-order chi connectivity index (χ1) is 8.08. The van der Waals surface area contributed by atoms with Gasteiger partial charge in [0.15, 0.2) is 0 Å². The van der Waals surface area contributed by atoms with Gasteiger partial charge in [0.05, 0.1) is 6.54 Å². The van der Waals surface area contributed by atoms with Crippen LogP contribution in [0.25, 0.3) is 0 Å². The van der Waals surface area contributed by atoms with Crippen LogP contribution in [0.3, 0.4) is 0 Å². The van der Waals surface area contributed by atoms with E-state index >= 15 is 0 Å². The van der Waals surface area contributed by atoms with Crippen molar-refractivity contribution in [1.82, 2.24) is 16.0 Å². The Labute approximate surface area is 103 Å². The smallest absolute Gasteiger partial charge is 0.239 e. The van der Waals surface area contributed by atoms with Gasteiger partial charge in [0.2, 0.25) is 11.8 Å². The molecule has 1 unspecified atom stereocenters. The lowest BCUT2D eigenvalue weighted by Gasteiger charge is -2.22. The second-order valence-electron chi connectivity index (χ2n) is 4.92. The molecule has 1 aliphatic rings. The number of hydrogen-bond acceptors (Lipinski definition) is 3. The summed E-state index contributed by atoms with van der Waals surface area (Å²) in [4.78, 5) is 22.9. The van der Waals surface area contributed by atoms with Gasteiger partial charge in [0.1, 0.15) is 0 Å². The van der Waals surface area contributed by atoms with Gasteiger partial charge in [0, 0.05) is 12.5 Å². The van der Waals surface area contributed by atoms with Crippen LogP contribution in [0, 0.1) is 5.92 Å². The van der Waals surface area contributed by atoms with E-state index in [0.29, 0.717) is 12.3 Å². The molecule has 2 amide bonds. The summed E-state index contributed by atoms with van der Waals surface area (Å²) >= 11 is 0. The molecule has 98 valence electrons. The molecule has 0 spiro atoms. The largest absolute Gasteiger partial charge is 0.352 e. The molecule has 1 fully saturated rings. The average Bonchev–Trinajstić information content (AvgIpc) is 2.27. The fourth-order valence-electron chi connectivity index (χ4n) is 1.98. The Morgan fingerprint density at radius 2 is 2.12 bits per heavy atom. The molecule has 0 aliphatic carbocycles. The Morgan fingerprint density at radius 1 is 1.35 bits per heavy atom. The lowest BCUT2D eigenvalue weighted by Crippen LogP contribution is -2.41. The number of carbonyl (C=O) groups is 2. The first kappa shape index (κ1) is 14.0. The molecule has 1 rings (SSSR count). The molecule has 5 heteroatoms. The molecular weight excluding hydrogens is 218 g/mol. The molecule has 0 aromatic rings. The zero-order valence-corrected chi connectivity index (χ0v) is 10.7. The average molecular weight is 241 g/mol. The third-order valence-electron chi connectivity index (χ3n) is 2.77. The topological polar surface area (TPSA) is 70.2 Å². The third-order valence-corrected chi connectivity index (χ3v) is 2.77. The summed E-state index contributed by atoms with van der Waals surface area (Å²) in [6.45, 7) is 5.83. The van der Waals surface area contributed by atoms with E-state index < -0.39 is 0 Å². The minimum absolute atomic E-state index is 0.0300. The van der Waals surface area contributed by atoms with Crippen molar-refractivity contribution in [3.05, 3.63) is 0 Å². The van der Waals surface area contributed by atoms with Gasteiger partial charge in [-0.25, -0.2) is 0 Å². The van der Waals surface area contributed by atoms with Gasteiger partial charge in [-0.05, 0) is 45.7 Å². The fourth-order valence-corrected chi connectivity index (χ4v) is 1.98. The normalized spacial score (nSPS) is 20.1. The van der Waals surface area contributed by atoms with Crippen LogP contribution in [0.1, 0.15) is 33.1 Å². The molecule has 0 bridgehead atoms. The minimum atomic E-state index is -0.130. The van der Waals surface area contributed by atoms with Crippen molar-refractivity contribution >= 4 is 11.8 Å². The molecule has 5 nitrogen and oxygen atoms in total. The maximum atomic E-state index is 11.6. The Hall–Kier alpha value is -1.10. The van der Waals surface area contributed by atoms with Crippen molar-refractivity contribution in [2.24, 2.45) is 5.92 Å². The van der Waals surface area contributed by atoms with E-state index in [0.717, 1.165) is 25.9 Å². The summed E-state index contributed by atoms with van der Waals surface area (Å²) < 4.78 is 0. The molecule has 0 saturated carbocycles. The monoisotopic (exact) mass is 241 g/mol. The zero-order valence-electron chi connectivity index (χ0n) is 10.7. The zero-order chi connectivity index (χ0) is 12.7. The van der Waals surface area contributed by atoms with E-state index in [1.54, 1.807) is 0 Å². The summed E-state index contributed by atoms with van der Waals surface area (Å²) in [5.74, 6) is 0.254. The minimum Gasteiger partial charge on any atom is -0.352 e. The van der Waals surface area contributed by atoms with Crippen LogP contribution < -0.4 is 16.0 Å². The van der Waals surface area contributed by atoms with E-state index in [9.17, 15) is 9.59 Å². The number of piperidine rings is 1. The van der Waals surface area contributed by atoms with Gasteiger partial charge < -0.3 is 16.0 Å². The molecule has 1 atom stereocenters. The Bertz CT molecular complexity index is 260. The first-order valence-electron chi connectivity index (χ1n) is 6.34. The van der Waals surface area contributed by atoms with Crippen LogP contribution in [-0.2, 0) is 9.59 Å². The van der Waals surface area contributed by atoms with Crippen molar-refractivity contribution in [3.63, 3.8) is 0 Å². The van der Waals surface area contributed by atoms with E-state index in [1.165, 1.54) is 0 Å². The van der Waals surface area contributed by atoms with Crippen LogP contribution in [0.15, 0.2) is 0 Å². The van der Waals surface area contributed by atoms with Crippen molar-refractivity contribution < 1.29 is 9.59 Å². The SMILES string of the molecule is CC(C)NC(=O)CNC(=O)CC1CCCNC1. The van der Waals surface area contributed by atoms with Crippen LogP contribution in [0.2, 0.25) is 0 Å². The van der Waals surface area contributed by atoms with Crippen molar-refractivity contribution in [3.8, 4) is 0 Å². The van der Waals surface area contributed by atoms with E-state index in [1.807, 2.05) is 13.8 Å². The first-order valence-corrected chi connectivity index (χ1v) is 6.34. The highest BCUT2D eigenvalue weighted by atomic mass is 16.2. The second kappa shape index (κ2) is 7.27. The van der Waals surface area contributed by atoms with E-state index in [4.69, 9.17) is 0 Å². The maximum absolute atomic E-state index is 11.6. The molecule has 1 heterocycles. The maximum Gasteiger partial charge on any atom is 0.239 e. The number of carbonyl (C=O) groups excluding carboxylic acids is 2. The van der Waals surface area contributed by atoms with Crippen molar-refractivity contribution in [2.75, 3.05) is 19.6 Å². The van der Waals surface area contributed by atoms with Gasteiger partial charge in [-0.2, -0.15) is 0 Å². The molecule has 0 radical (unpaired) electrons. The van der Waals surface area contributed by atoms with Crippen molar-refractivity contribution in [1.29, 1.82) is 0 Å². The van der Waals surface area contributed by atoms with E-state index in [2.05, 4.69) is 16.0 Å². The van der Waals surface area contributed by atoms with Crippen molar-refractivity contribution in [2.45, 2.75) is 39.2 Å². The molecule has 1 saturated heterocycles. The third kappa shape index (κ3) is 6.26. The van der Waals surface area contributed by atoms with Gasteiger partial charge in [0.25, 0.3) is 0 Å². The second-order valence-corrected chi connectivity index (χ2v) is 4.92. The van der Waals surface area contributed by atoms with Crippen LogP contribution >= 0.6 is 0 Å². The molecule has 3 N–H and O–H groups in total. The van der Waals surface area contributed by atoms with Gasteiger partial charge in [-0.3, -0.25) is 9.59 Å². The fraction of sp³-hybridized carbons (Fsp3) is 0.833. The predicted molar refractivity (Wildman–Crippen MR) is 66.5 cm³/mol. The van der Waals surface area contributed by atoms with Crippen LogP contribution in [0.5, 0.6) is 0 Å². The summed E-state index contributed by atoms with van der Waals surface area (Å²) in [7, 11) is 0. The van der Waals surface area contributed by atoms with Gasteiger partial charge in [-0.15, -0.1) is 0 Å². The molecule has 0 aromatic carbocycles. The van der Waals surface area contributed by atoms with Crippen LogP contribution in [0.4, 0.5) is 0 Å². The van der Waals surface area contributed by atoms with Gasteiger partial charge >= 0.3 is 0 Å². The Kier molecular flexibility index (Phi) is 5.97. The number of hydrogen-bond donors (Lipinski definition) is 3. The predicted octanol–water partition coefficient (Wildman–Crippen LogP) is 0.0169. The number of rotatable bonds is 5. The highest BCUT2D eigenvalue weighted by molar-refractivity contribution is 5.84. The molecule has 0 aromatic heterocycles. The molecule has 1 aliphatic heterocycles. The standard InChI is InChI=1S/C12H23N3O2/c1-9(2)15-12(17)8-14-11(16)6-10-4-3-5-13-7-10/h9-10,13H,3-8H2,1-2H3,(H,14,16)(H,15,17). The summed E-state index contributed by atoms with van der Waals surface area (Å²) in [5, 5.41) is 8.66. The lowest BCUT2D eigenvalue weighted by atomic mass is 9.96. The Morgan fingerprint density at radius 3 is 2.71 bits per heavy atom. The Balaban J connectivity index is 2.14. The van der Waals surface area contributed by atoms with Crippen LogP contribution in [-0.4, -0.2) is 37.5 Å². The highest BCUT2D eigenvalue weighted by Gasteiger charge is 2.16. The molecular formula is C12H23N3O2. The lowest BCUT2D eigenvalue weighted by molar-refractivity contribution is -0.126. The summed E-state index contributed by atoms with van der Waals surface area (Å²) in [6.07, 6.45) is 2.74. The highest BCUT2D eigenvalue weighted by Crippen LogP contribution is 2.13. The number of amides is 2. The number of nitrogens with one attached hydrogen (secondary N) is 3. The summed E-state index contributed by atoms with van der Waals surface area (Å²) in [6, 6.07) is 0.113. The molecule has 17 heavy (non-hydrogen) atoms. The summed E-state index contributed by atoms with van der Waals surface area (Å²) in [5.41, 5.74) is 0. The quantitative estimate of drug-likeness (QED) is 0.635. The van der Waals surface area contributed by atoms with Gasteiger partial charge in [-0.1, -0.05) is 0 Å². The van der Waals surface area contributed by atoms with E-state index in [-0.39, 0.29) is 24.4 Å².